The van der Waals surface area contributed by atoms with Crippen molar-refractivity contribution < 1.29 is 0 Å². The summed E-state index contributed by atoms with van der Waals surface area (Å²) in [5.74, 6) is 0. The fourth-order valence-corrected chi connectivity index (χ4v) is 1.76. The maximum Gasteiger partial charge on any atom is -0.0195 e. The molecule has 13 heavy (non-hydrogen) atoms. The van der Waals surface area contributed by atoms with Crippen molar-refractivity contribution in [3.63, 3.8) is 0 Å². The molecule has 0 atom stereocenters. The SMILES string of the molecule is C.C.C/C=C1\CCc2ccccc21. The number of hydrogen-bond acceptors (Lipinski definition) is 0. The van der Waals surface area contributed by atoms with Gasteiger partial charge >= 0.3 is 0 Å². The van der Waals surface area contributed by atoms with E-state index in [0.29, 0.717) is 0 Å². The Hall–Kier alpha value is -1.04. The summed E-state index contributed by atoms with van der Waals surface area (Å²) in [6.07, 6.45) is 4.69. The Morgan fingerprint density at radius 1 is 1.08 bits per heavy atom. The van der Waals surface area contributed by atoms with Gasteiger partial charge in [0.25, 0.3) is 0 Å². The van der Waals surface area contributed by atoms with E-state index < -0.39 is 0 Å². The van der Waals surface area contributed by atoms with Crippen LogP contribution in [0.25, 0.3) is 5.57 Å². The molecular formula is C13H20. The molecule has 0 fully saturated rings. The molecular weight excluding hydrogens is 156 g/mol. The van der Waals surface area contributed by atoms with Crippen molar-refractivity contribution in [2.24, 2.45) is 0 Å². The summed E-state index contributed by atoms with van der Waals surface area (Å²) in [5.41, 5.74) is 4.50. The van der Waals surface area contributed by atoms with E-state index in [1.807, 2.05) is 0 Å². The van der Waals surface area contributed by atoms with Crippen molar-refractivity contribution in [3.05, 3.63) is 41.5 Å². The first-order valence-electron chi connectivity index (χ1n) is 4.15. The smallest absolute Gasteiger partial charge is 0.0195 e. The predicted octanol–water partition coefficient (Wildman–Crippen LogP) is 4.31. The number of allylic oxidation sites excluding steroid dienone is 2. The Morgan fingerprint density at radius 3 is 2.46 bits per heavy atom. The van der Waals surface area contributed by atoms with Gasteiger partial charge in [0.05, 0.1) is 0 Å². The zero-order valence-electron chi connectivity index (χ0n) is 6.80. The molecule has 0 unspecified atom stereocenters. The summed E-state index contributed by atoms with van der Waals surface area (Å²) in [6.45, 7) is 2.12. The third-order valence-corrected chi connectivity index (χ3v) is 2.38. The summed E-state index contributed by atoms with van der Waals surface area (Å²) in [7, 11) is 0. The summed E-state index contributed by atoms with van der Waals surface area (Å²) in [6, 6.07) is 8.69. The molecule has 0 saturated heterocycles. The largest absolute Gasteiger partial charge is 0.0838 e. The summed E-state index contributed by atoms with van der Waals surface area (Å²) < 4.78 is 0. The predicted molar refractivity (Wildman–Crippen MR) is 61.9 cm³/mol. The van der Waals surface area contributed by atoms with Crippen molar-refractivity contribution in [2.45, 2.75) is 34.6 Å². The van der Waals surface area contributed by atoms with Gasteiger partial charge in [0.2, 0.25) is 0 Å². The fourth-order valence-electron chi connectivity index (χ4n) is 1.76. The fraction of sp³-hybridized carbons (Fsp3) is 0.385. The number of aryl methyl sites for hydroxylation is 1. The van der Waals surface area contributed by atoms with Crippen molar-refractivity contribution in [1.29, 1.82) is 0 Å². The topological polar surface area (TPSA) is 0 Å². The molecule has 0 aliphatic heterocycles. The minimum atomic E-state index is 0. The van der Waals surface area contributed by atoms with E-state index in [4.69, 9.17) is 0 Å². The summed E-state index contributed by atoms with van der Waals surface area (Å²) >= 11 is 0. The van der Waals surface area contributed by atoms with Crippen LogP contribution in [0.15, 0.2) is 30.3 Å². The van der Waals surface area contributed by atoms with Crippen LogP contribution in [0, 0.1) is 0 Å². The van der Waals surface area contributed by atoms with Gasteiger partial charge in [-0.3, -0.25) is 0 Å². The average molecular weight is 176 g/mol. The standard InChI is InChI=1S/C11H12.2CH4/c1-2-9-7-8-10-5-3-4-6-11(9)10;;/h2-6H,7-8H2,1H3;2*1H4/b9-2+;;. The molecule has 1 aromatic carbocycles. The monoisotopic (exact) mass is 176 g/mol. The number of hydrogen-bond donors (Lipinski definition) is 0. The average Bonchev–Trinajstić information content (AvgIpc) is 2.47. The molecule has 1 aromatic rings. The van der Waals surface area contributed by atoms with E-state index in [0.717, 1.165) is 0 Å². The Bertz CT molecular complexity index is 295. The second-order valence-corrected chi connectivity index (χ2v) is 2.97. The Labute approximate surface area is 82.3 Å². The van der Waals surface area contributed by atoms with Gasteiger partial charge in [0, 0.05) is 0 Å². The molecule has 0 radical (unpaired) electrons. The molecule has 0 heteroatoms. The Kier molecular flexibility index (Phi) is 4.47. The van der Waals surface area contributed by atoms with Crippen LogP contribution in [0.2, 0.25) is 0 Å². The van der Waals surface area contributed by atoms with Crippen molar-refractivity contribution in [1.82, 2.24) is 0 Å². The van der Waals surface area contributed by atoms with Crippen LogP contribution in [-0.4, -0.2) is 0 Å². The molecule has 1 aliphatic carbocycles. The van der Waals surface area contributed by atoms with E-state index in [1.54, 1.807) is 0 Å². The molecule has 0 nitrogen and oxygen atoms in total. The lowest BCUT2D eigenvalue weighted by molar-refractivity contribution is 1.08. The van der Waals surface area contributed by atoms with Crippen LogP contribution in [0.1, 0.15) is 39.3 Å². The Morgan fingerprint density at radius 2 is 1.77 bits per heavy atom. The molecule has 2 rings (SSSR count). The maximum absolute atomic E-state index is 2.23. The zero-order valence-corrected chi connectivity index (χ0v) is 6.80. The lowest BCUT2D eigenvalue weighted by Gasteiger charge is -1.97. The van der Waals surface area contributed by atoms with Crippen molar-refractivity contribution in [3.8, 4) is 0 Å². The van der Waals surface area contributed by atoms with E-state index in [9.17, 15) is 0 Å². The van der Waals surface area contributed by atoms with Crippen LogP contribution in [0.5, 0.6) is 0 Å². The van der Waals surface area contributed by atoms with E-state index in [2.05, 4.69) is 37.3 Å². The van der Waals surface area contributed by atoms with Gasteiger partial charge in [-0.05, 0) is 36.5 Å². The second-order valence-electron chi connectivity index (χ2n) is 2.97. The molecule has 0 spiro atoms. The molecule has 1 aliphatic rings. The van der Waals surface area contributed by atoms with Crippen LogP contribution in [0.3, 0.4) is 0 Å². The first-order chi connectivity index (χ1) is 5.42. The van der Waals surface area contributed by atoms with Crippen molar-refractivity contribution >= 4 is 5.57 Å². The third-order valence-electron chi connectivity index (χ3n) is 2.38. The number of rotatable bonds is 0. The lowest BCUT2D eigenvalue weighted by atomic mass is 10.1. The first-order valence-corrected chi connectivity index (χ1v) is 4.15. The quantitative estimate of drug-likeness (QED) is 0.552. The maximum atomic E-state index is 2.23. The van der Waals surface area contributed by atoms with E-state index >= 15 is 0 Å². The third kappa shape index (κ3) is 2.00. The summed E-state index contributed by atoms with van der Waals surface area (Å²) in [4.78, 5) is 0. The zero-order chi connectivity index (χ0) is 7.68. The molecule has 0 bridgehead atoms. The van der Waals surface area contributed by atoms with Crippen LogP contribution in [-0.2, 0) is 6.42 Å². The number of fused-ring (bicyclic) bond motifs is 1. The minimum absolute atomic E-state index is 0. The molecule has 0 saturated carbocycles. The molecule has 0 amide bonds. The van der Waals surface area contributed by atoms with Gasteiger partial charge in [-0.2, -0.15) is 0 Å². The van der Waals surface area contributed by atoms with Crippen LogP contribution in [0.4, 0.5) is 0 Å². The normalized spacial score (nSPS) is 15.9. The summed E-state index contributed by atoms with van der Waals surface area (Å²) in [5, 5.41) is 0. The minimum Gasteiger partial charge on any atom is -0.0838 e. The molecule has 72 valence electrons. The van der Waals surface area contributed by atoms with Gasteiger partial charge in [-0.25, -0.2) is 0 Å². The van der Waals surface area contributed by atoms with E-state index in [-0.39, 0.29) is 14.9 Å². The van der Waals surface area contributed by atoms with E-state index in [1.165, 1.54) is 29.5 Å². The molecule has 0 N–H and O–H groups in total. The number of benzene rings is 1. The first kappa shape index (κ1) is 12.0. The highest BCUT2D eigenvalue weighted by atomic mass is 14.2. The highest BCUT2D eigenvalue weighted by Gasteiger charge is 2.13. The highest BCUT2D eigenvalue weighted by Crippen LogP contribution is 2.31. The molecule has 0 aromatic heterocycles. The van der Waals surface area contributed by atoms with Gasteiger partial charge in [0.1, 0.15) is 0 Å². The van der Waals surface area contributed by atoms with Gasteiger partial charge in [-0.15, -0.1) is 0 Å². The second kappa shape index (κ2) is 4.86. The Balaban J connectivity index is 0.000000720. The van der Waals surface area contributed by atoms with Gasteiger partial charge in [-0.1, -0.05) is 45.2 Å². The lowest BCUT2D eigenvalue weighted by Crippen LogP contribution is -1.77. The molecule has 0 heterocycles. The van der Waals surface area contributed by atoms with Gasteiger partial charge in [0.15, 0.2) is 0 Å². The van der Waals surface area contributed by atoms with Crippen LogP contribution >= 0.6 is 0 Å². The highest BCUT2D eigenvalue weighted by molar-refractivity contribution is 5.72. The van der Waals surface area contributed by atoms with Crippen LogP contribution < -0.4 is 0 Å². The van der Waals surface area contributed by atoms with Crippen molar-refractivity contribution in [2.75, 3.05) is 0 Å². The van der Waals surface area contributed by atoms with Gasteiger partial charge < -0.3 is 0 Å².